The molecule has 14 heavy (non-hydrogen) atoms. The van der Waals surface area contributed by atoms with Crippen LogP contribution in [0.5, 0.6) is 0 Å². The molecular weight excluding hydrogens is 168 g/mol. The summed E-state index contributed by atoms with van der Waals surface area (Å²) in [5, 5.41) is 0. The number of hydrogen-bond donors (Lipinski definition) is 0. The van der Waals surface area contributed by atoms with E-state index in [1.54, 1.807) is 0 Å². The third-order valence-corrected chi connectivity index (χ3v) is 0. The van der Waals surface area contributed by atoms with E-state index >= 15 is 0 Å². The van der Waals surface area contributed by atoms with Crippen LogP contribution in [0.15, 0.2) is 0 Å². The van der Waals surface area contributed by atoms with Gasteiger partial charge in [-0.25, -0.2) is 0 Å². The monoisotopic (exact) mass is 215 g/mol. The molecule has 0 heteroatoms. The van der Waals surface area contributed by atoms with Gasteiger partial charge >= 0.3 is 0 Å². The van der Waals surface area contributed by atoms with Crippen LogP contribution in [-0.2, 0) is 0 Å². The van der Waals surface area contributed by atoms with Gasteiger partial charge in [-0.1, -0.05) is 97.9 Å². The summed E-state index contributed by atoms with van der Waals surface area (Å²) in [6.45, 7) is 24.0. The van der Waals surface area contributed by atoms with E-state index in [0.29, 0.717) is 0 Å². The van der Waals surface area contributed by atoms with Gasteiger partial charge in [0, 0.05) is 1.43 Å². The molecule has 0 fully saturated rings. The van der Waals surface area contributed by atoms with E-state index in [1.165, 1.54) is 0 Å². The average Bonchev–Trinajstić information content (AvgIpc) is 2.33. The van der Waals surface area contributed by atoms with Gasteiger partial charge in [-0.15, -0.1) is 0 Å². The highest BCUT2D eigenvalue weighted by Gasteiger charge is 0.942. The van der Waals surface area contributed by atoms with E-state index in [1.807, 2.05) is 83.1 Å². The Hall–Kier alpha value is 0. The van der Waals surface area contributed by atoms with E-state index in [0.717, 1.165) is 0 Å². The van der Waals surface area contributed by atoms with Crippen molar-refractivity contribution in [2.24, 2.45) is 0 Å². The minimum atomic E-state index is 0. The second-order valence-corrected chi connectivity index (χ2v) is 0. The smallest absolute Gasteiger partial charge is 0 e. The predicted octanol–water partition coefficient (Wildman–Crippen LogP) is 7.68. The van der Waals surface area contributed by atoms with E-state index in [-0.39, 0.29) is 16.3 Å². The van der Waals surface area contributed by atoms with Crippen LogP contribution in [0.25, 0.3) is 0 Å². The van der Waals surface area contributed by atoms with Crippen molar-refractivity contribution in [1.29, 1.82) is 0 Å². The molecule has 0 saturated carbocycles. The topological polar surface area (TPSA) is 0 Å². The molecule has 102 valence electrons. The van der Waals surface area contributed by atoms with Gasteiger partial charge in [0.1, 0.15) is 0 Å². The summed E-state index contributed by atoms with van der Waals surface area (Å²) in [4.78, 5) is 0. The largest absolute Gasteiger partial charge is 0.0776 e. The van der Waals surface area contributed by atoms with Crippen molar-refractivity contribution in [2.75, 3.05) is 0 Å². The van der Waals surface area contributed by atoms with Gasteiger partial charge < -0.3 is 0 Å². The van der Waals surface area contributed by atoms with Crippen LogP contribution in [-0.4, -0.2) is 0 Å². The molecule has 0 spiro atoms. The predicted molar refractivity (Wildman–Crippen MR) is 83.7 cm³/mol. The Morgan fingerprint density at radius 1 is 0.286 bits per heavy atom. The summed E-state index contributed by atoms with van der Waals surface area (Å²) in [6, 6.07) is 0. The van der Waals surface area contributed by atoms with Crippen LogP contribution < -0.4 is 0 Å². The molecule has 0 rings (SSSR count). The number of hydrogen-bond acceptors (Lipinski definition) is 0. The van der Waals surface area contributed by atoms with Gasteiger partial charge in [0.05, 0.1) is 0 Å². The summed E-state index contributed by atoms with van der Waals surface area (Å²) in [6.07, 6.45) is 0. The van der Waals surface area contributed by atoms with Crippen LogP contribution in [0.4, 0.5) is 0 Å². The Morgan fingerprint density at radius 3 is 0.286 bits per heavy atom. The van der Waals surface area contributed by atoms with E-state index in [9.17, 15) is 0 Å². The summed E-state index contributed by atoms with van der Waals surface area (Å²) in [5.74, 6) is 0. The standard InChI is InChI=1S/6C2H6.2CH4.H2/c6*1-2;;;/h6*1-2H3;2*1H4;1H/i;;;;;;;;1+1. The van der Waals surface area contributed by atoms with Gasteiger partial charge in [-0.2, -0.15) is 0 Å². The minimum Gasteiger partial charge on any atom is -0.0776 e. The average molecular weight is 216 g/mol. The SMILES string of the molecule is C.C.CC.CC.CC.CC.CC.CC.[2HH]. The molecule has 0 bridgehead atoms. The van der Waals surface area contributed by atoms with Gasteiger partial charge in [-0.05, 0) is 0 Å². The molecule has 0 N–H and O–H groups in total. The summed E-state index contributed by atoms with van der Waals surface area (Å²) in [7, 11) is 0. The Morgan fingerprint density at radius 2 is 0.286 bits per heavy atom. The maximum Gasteiger partial charge on any atom is 0 e. The first-order chi connectivity index (χ1) is 6.00. The fraction of sp³-hybridized carbons (Fsp3) is 1.00. The van der Waals surface area contributed by atoms with Crippen LogP contribution in [0.1, 0.15) is 99.4 Å². The van der Waals surface area contributed by atoms with Gasteiger partial charge in [0.15, 0.2) is 0 Å². The molecule has 0 amide bonds. The van der Waals surface area contributed by atoms with Crippen molar-refractivity contribution >= 4 is 0 Å². The quantitative estimate of drug-likeness (QED) is 0.389. The fourth-order valence-corrected chi connectivity index (χ4v) is 0. The van der Waals surface area contributed by atoms with E-state index in [4.69, 9.17) is 0 Å². The number of rotatable bonds is 0. The molecule has 0 aliphatic carbocycles. The second kappa shape index (κ2) is 0. The highest BCUT2D eigenvalue weighted by atomic mass is 13.0. The molecular formula is C14H46. The first kappa shape index (κ1) is 65.7. The summed E-state index contributed by atoms with van der Waals surface area (Å²) < 4.78 is 0. The lowest BCUT2D eigenvalue weighted by atomic mass is 11.0. The van der Waals surface area contributed by atoms with Gasteiger partial charge in [0.25, 0.3) is 0 Å². The van der Waals surface area contributed by atoms with Crippen LogP contribution >= 0.6 is 0 Å². The molecule has 0 aliphatic heterocycles. The third-order valence-electron chi connectivity index (χ3n) is 0. The van der Waals surface area contributed by atoms with Crippen LogP contribution in [0.3, 0.4) is 0 Å². The Bertz CT molecular complexity index is 5.30. The highest BCUT2D eigenvalue weighted by Crippen LogP contribution is 1.15. The third kappa shape index (κ3) is 0. The molecule has 0 aliphatic rings. The maximum atomic E-state index is 2.00. The fourth-order valence-electron chi connectivity index (χ4n) is 0. The van der Waals surface area contributed by atoms with Crippen molar-refractivity contribution < 1.29 is 1.43 Å². The highest BCUT2D eigenvalue weighted by molar-refractivity contribution is 3.51. The van der Waals surface area contributed by atoms with Gasteiger partial charge in [0.2, 0.25) is 0 Å². The van der Waals surface area contributed by atoms with Crippen LogP contribution in [0.2, 0.25) is 0 Å². The zero-order valence-electron chi connectivity index (χ0n) is 12.0. The lowest BCUT2D eigenvalue weighted by Crippen LogP contribution is -0.856. The Balaban J connectivity index is -0.00000000396. The van der Waals surface area contributed by atoms with Crippen LogP contribution in [0, 0.1) is 0 Å². The Kier molecular flexibility index (Phi) is 0. The Labute approximate surface area is 100 Å². The first-order valence-corrected chi connectivity index (χ1v) is 6.00. The van der Waals surface area contributed by atoms with Crippen molar-refractivity contribution in [2.45, 2.75) is 97.9 Å². The van der Waals surface area contributed by atoms with E-state index < -0.39 is 0 Å². The maximum absolute atomic E-state index is 2.00. The van der Waals surface area contributed by atoms with Gasteiger partial charge in [-0.3, -0.25) is 0 Å². The van der Waals surface area contributed by atoms with Crippen molar-refractivity contribution in [3.8, 4) is 0 Å². The molecule has 0 aromatic carbocycles. The lowest BCUT2D eigenvalue weighted by molar-refractivity contribution is 1.50. The van der Waals surface area contributed by atoms with Crippen molar-refractivity contribution in [3.63, 3.8) is 0 Å². The zero-order chi connectivity index (χ0) is 12.0. The molecule has 0 nitrogen and oxygen atoms in total. The van der Waals surface area contributed by atoms with Crippen molar-refractivity contribution in [1.82, 2.24) is 0 Å². The minimum absolute atomic E-state index is 0. The zero-order valence-corrected chi connectivity index (χ0v) is 12.0. The van der Waals surface area contributed by atoms with Crippen molar-refractivity contribution in [3.05, 3.63) is 0 Å². The van der Waals surface area contributed by atoms with E-state index in [2.05, 4.69) is 0 Å². The molecule has 0 unspecified atom stereocenters. The molecule has 0 atom stereocenters. The molecule has 0 aromatic rings. The molecule has 0 saturated heterocycles. The normalized spacial score (nSPS) is 2.57. The molecule has 0 aromatic heterocycles. The lowest BCUT2D eigenvalue weighted by Gasteiger charge is -1.07. The summed E-state index contributed by atoms with van der Waals surface area (Å²) >= 11 is 0. The molecule has 0 heterocycles. The molecule has 0 radical (unpaired) electrons. The first-order valence-electron chi connectivity index (χ1n) is 6.00. The second-order valence-electron chi connectivity index (χ2n) is 0. The summed E-state index contributed by atoms with van der Waals surface area (Å²) in [5.41, 5.74) is 0.